The number of amides is 1. The van der Waals surface area contributed by atoms with Gasteiger partial charge >= 0.3 is 0 Å². The van der Waals surface area contributed by atoms with Crippen LogP contribution in [0, 0.1) is 12.8 Å². The molecule has 0 heterocycles. The minimum atomic E-state index is -0.562. The van der Waals surface area contributed by atoms with Crippen LogP contribution in [0.25, 0.3) is 0 Å². The highest BCUT2D eigenvalue weighted by molar-refractivity contribution is 5.93. The summed E-state index contributed by atoms with van der Waals surface area (Å²) in [6.07, 6.45) is 3.95. The molecule has 0 aromatic heterocycles. The molecule has 1 aliphatic rings. The lowest BCUT2D eigenvalue weighted by Crippen LogP contribution is -2.43. The number of aryl methyl sites for hydroxylation is 1. The minimum Gasteiger partial charge on any atom is -0.389 e. The molecule has 4 nitrogen and oxygen atoms in total. The van der Waals surface area contributed by atoms with Gasteiger partial charge in [0.15, 0.2) is 0 Å². The zero-order valence-electron chi connectivity index (χ0n) is 13.0. The molecule has 1 amide bonds. The summed E-state index contributed by atoms with van der Waals surface area (Å²) < 4.78 is 0. The highest BCUT2D eigenvalue weighted by atomic mass is 16.3. The van der Waals surface area contributed by atoms with Crippen molar-refractivity contribution in [1.29, 1.82) is 0 Å². The van der Waals surface area contributed by atoms with E-state index in [1.165, 1.54) is 0 Å². The van der Waals surface area contributed by atoms with Crippen LogP contribution in [0.15, 0.2) is 18.2 Å². The predicted molar refractivity (Wildman–Crippen MR) is 84.0 cm³/mol. The zero-order chi connectivity index (χ0) is 15.5. The van der Waals surface area contributed by atoms with Gasteiger partial charge in [-0.3, -0.25) is 4.79 Å². The van der Waals surface area contributed by atoms with Gasteiger partial charge in [-0.05, 0) is 61.8 Å². The molecule has 0 atom stereocenters. The molecule has 0 unspecified atom stereocenters. The second-order valence-electron chi connectivity index (χ2n) is 6.52. The highest BCUT2D eigenvalue weighted by Crippen LogP contribution is 2.31. The van der Waals surface area contributed by atoms with Crippen molar-refractivity contribution in [2.24, 2.45) is 11.7 Å². The molecule has 21 heavy (non-hydrogen) atoms. The Morgan fingerprint density at radius 1 is 1.43 bits per heavy atom. The molecule has 0 saturated heterocycles. The molecule has 0 aliphatic heterocycles. The van der Waals surface area contributed by atoms with Crippen molar-refractivity contribution in [2.75, 3.05) is 6.54 Å². The zero-order valence-corrected chi connectivity index (χ0v) is 13.0. The molecule has 4 N–H and O–H groups in total. The first kappa shape index (κ1) is 16.0. The van der Waals surface area contributed by atoms with Crippen molar-refractivity contribution in [1.82, 2.24) is 5.32 Å². The molecule has 1 aromatic carbocycles. The first-order valence-electron chi connectivity index (χ1n) is 7.72. The second-order valence-corrected chi connectivity index (χ2v) is 6.52. The minimum absolute atomic E-state index is 0.400. The average Bonchev–Trinajstić information content (AvgIpc) is 2.44. The van der Waals surface area contributed by atoms with Crippen molar-refractivity contribution in [2.45, 2.75) is 51.7 Å². The molecule has 0 bridgehead atoms. The summed E-state index contributed by atoms with van der Waals surface area (Å²) in [7, 11) is 0. The van der Waals surface area contributed by atoms with Crippen LogP contribution in [-0.2, 0) is 6.54 Å². The first-order valence-corrected chi connectivity index (χ1v) is 7.72. The van der Waals surface area contributed by atoms with Gasteiger partial charge in [-0.15, -0.1) is 0 Å². The van der Waals surface area contributed by atoms with Crippen LogP contribution < -0.4 is 11.1 Å². The maximum atomic E-state index is 11.1. The van der Waals surface area contributed by atoms with E-state index in [9.17, 15) is 9.90 Å². The quantitative estimate of drug-likeness (QED) is 0.777. The predicted octanol–water partition coefficient (Wildman–Crippen LogP) is 2.12. The van der Waals surface area contributed by atoms with Crippen molar-refractivity contribution in [3.8, 4) is 0 Å². The van der Waals surface area contributed by atoms with Crippen LogP contribution >= 0.6 is 0 Å². The van der Waals surface area contributed by atoms with Gasteiger partial charge in [0.2, 0.25) is 5.91 Å². The monoisotopic (exact) mass is 290 g/mol. The lowest BCUT2D eigenvalue weighted by Gasteiger charge is -2.35. The summed E-state index contributed by atoms with van der Waals surface area (Å²) in [5.41, 5.74) is 7.42. The Morgan fingerprint density at radius 2 is 2.10 bits per heavy atom. The Labute approximate surface area is 126 Å². The fourth-order valence-electron chi connectivity index (χ4n) is 2.95. The largest absolute Gasteiger partial charge is 0.389 e. The number of hydrogen-bond acceptors (Lipinski definition) is 3. The third kappa shape index (κ3) is 4.29. The fourth-order valence-corrected chi connectivity index (χ4v) is 2.95. The molecule has 1 aromatic rings. The Bertz CT molecular complexity index is 506. The Balaban J connectivity index is 1.87. The average molecular weight is 290 g/mol. The number of carbonyl (C=O) groups is 1. The molecule has 4 heteroatoms. The van der Waals surface area contributed by atoms with E-state index >= 15 is 0 Å². The molecular weight excluding hydrogens is 264 g/mol. The van der Waals surface area contributed by atoms with E-state index in [0.717, 1.165) is 42.7 Å². The molecule has 1 aliphatic carbocycles. The number of primary amides is 1. The second kappa shape index (κ2) is 6.58. The van der Waals surface area contributed by atoms with Crippen LogP contribution in [0.2, 0.25) is 0 Å². The first-order chi connectivity index (χ1) is 9.89. The summed E-state index contributed by atoms with van der Waals surface area (Å²) in [5.74, 6) is 0.331. The number of carbonyl (C=O) groups excluding carboxylic acids is 1. The third-order valence-electron chi connectivity index (χ3n) is 4.60. The van der Waals surface area contributed by atoms with Gasteiger partial charge in [0, 0.05) is 18.7 Å². The van der Waals surface area contributed by atoms with Crippen molar-refractivity contribution in [3.63, 3.8) is 0 Å². The van der Waals surface area contributed by atoms with Crippen molar-refractivity contribution < 1.29 is 9.90 Å². The lowest BCUT2D eigenvalue weighted by atomic mass is 9.79. The van der Waals surface area contributed by atoms with Gasteiger partial charge in [0.05, 0.1) is 5.60 Å². The molecule has 0 radical (unpaired) electrons. The maximum Gasteiger partial charge on any atom is 0.248 e. The number of rotatable bonds is 5. The van der Waals surface area contributed by atoms with Gasteiger partial charge in [0.25, 0.3) is 0 Å². The van der Waals surface area contributed by atoms with Crippen LogP contribution in [0.1, 0.15) is 54.1 Å². The lowest BCUT2D eigenvalue weighted by molar-refractivity contribution is -0.00631. The van der Waals surface area contributed by atoms with Gasteiger partial charge in [-0.1, -0.05) is 13.0 Å². The number of nitrogens with two attached hydrogens (primary N) is 1. The Hall–Kier alpha value is -1.39. The van der Waals surface area contributed by atoms with Crippen LogP contribution in [0.4, 0.5) is 0 Å². The molecule has 1 fully saturated rings. The van der Waals surface area contributed by atoms with Gasteiger partial charge < -0.3 is 16.2 Å². The van der Waals surface area contributed by atoms with E-state index in [4.69, 9.17) is 5.73 Å². The van der Waals surface area contributed by atoms with Crippen molar-refractivity contribution >= 4 is 5.91 Å². The standard InChI is InChI=1S/C17H26N2O2/c1-12-5-7-17(21,8-6-12)11-19-10-15-4-3-14(16(18)20)9-13(15)2/h3-4,9,12,19,21H,5-8,10-11H2,1-2H3,(H2,18,20). The SMILES string of the molecule is Cc1cc(C(N)=O)ccc1CNCC1(O)CCC(C)CC1. The molecule has 116 valence electrons. The smallest absolute Gasteiger partial charge is 0.248 e. The number of hydrogen-bond donors (Lipinski definition) is 3. The summed E-state index contributed by atoms with van der Waals surface area (Å²) >= 11 is 0. The van der Waals surface area contributed by atoms with E-state index in [2.05, 4.69) is 12.2 Å². The summed E-state index contributed by atoms with van der Waals surface area (Å²) in [6, 6.07) is 5.50. The molecule has 0 spiro atoms. The van der Waals surface area contributed by atoms with Crippen LogP contribution in [-0.4, -0.2) is 23.2 Å². The highest BCUT2D eigenvalue weighted by Gasteiger charge is 2.31. The van der Waals surface area contributed by atoms with Crippen LogP contribution in [0.5, 0.6) is 0 Å². The van der Waals surface area contributed by atoms with E-state index in [-0.39, 0.29) is 0 Å². The van der Waals surface area contributed by atoms with Crippen LogP contribution in [0.3, 0.4) is 0 Å². The molecule has 1 saturated carbocycles. The fraction of sp³-hybridized carbons (Fsp3) is 0.588. The van der Waals surface area contributed by atoms with E-state index in [1.807, 2.05) is 19.1 Å². The Morgan fingerprint density at radius 3 is 2.67 bits per heavy atom. The van der Waals surface area contributed by atoms with Crippen molar-refractivity contribution in [3.05, 3.63) is 34.9 Å². The summed E-state index contributed by atoms with van der Waals surface area (Å²) in [5, 5.41) is 13.9. The summed E-state index contributed by atoms with van der Waals surface area (Å²) in [6.45, 7) is 5.54. The van der Waals surface area contributed by atoms with E-state index in [0.29, 0.717) is 18.7 Å². The molecular formula is C17H26N2O2. The Kier molecular flexibility index (Phi) is 5.01. The number of aliphatic hydroxyl groups is 1. The van der Waals surface area contributed by atoms with Gasteiger partial charge in [-0.2, -0.15) is 0 Å². The van der Waals surface area contributed by atoms with Gasteiger partial charge in [0.1, 0.15) is 0 Å². The van der Waals surface area contributed by atoms with E-state index < -0.39 is 11.5 Å². The number of benzene rings is 1. The van der Waals surface area contributed by atoms with E-state index in [1.54, 1.807) is 6.07 Å². The topological polar surface area (TPSA) is 75.4 Å². The van der Waals surface area contributed by atoms with Gasteiger partial charge in [-0.25, -0.2) is 0 Å². The maximum absolute atomic E-state index is 11.1. The molecule has 2 rings (SSSR count). The number of nitrogens with one attached hydrogen (secondary N) is 1. The third-order valence-corrected chi connectivity index (χ3v) is 4.60. The summed E-state index contributed by atoms with van der Waals surface area (Å²) in [4.78, 5) is 11.1. The normalized spacial score (nSPS) is 25.8.